The number of hydrogen-bond donors (Lipinski definition) is 1. The van der Waals surface area contributed by atoms with Gasteiger partial charge in [-0.1, -0.05) is 82.9 Å². The highest BCUT2D eigenvalue weighted by atomic mass is 16.5. The highest BCUT2D eigenvalue weighted by Gasteiger charge is 2.31. The first-order valence-electron chi connectivity index (χ1n) is 17.4. The van der Waals surface area contributed by atoms with Gasteiger partial charge in [0.1, 0.15) is 0 Å². The van der Waals surface area contributed by atoms with Gasteiger partial charge in [-0.25, -0.2) is 9.59 Å². The van der Waals surface area contributed by atoms with Crippen molar-refractivity contribution in [2.45, 2.75) is 136 Å². The van der Waals surface area contributed by atoms with Crippen LogP contribution in [0.25, 0.3) is 0 Å². The van der Waals surface area contributed by atoms with Gasteiger partial charge in [-0.05, 0) is 107 Å². The summed E-state index contributed by atoms with van der Waals surface area (Å²) >= 11 is 0. The van der Waals surface area contributed by atoms with Gasteiger partial charge in [-0.3, -0.25) is 0 Å². The molecule has 0 radical (unpaired) electrons. The number of carbonyl (C=O) groups excluding carboxylic acids is 2. The Kier molecular flexibility index (Phi) is 14.7. The Morgan fingerprint density at radius 2 is 1.45 bits per heavy atom. The van der Waals surface area contributed by atoms with Gasteiger partial charge in [0.05, 0.1) is 18.8 Å². The summed E-state index contributed by atoms with van der Waals surface area (Å²) in [6.07, 6.45) is 18.5. The first-order chi connectivity index (χ1) is 20.9. The van der Waals surface area contributed by atoms with Gasteiger partial charge in [0.15, 0.2) is 0 Å². The summed E-state index contributed by atoms with van der Waals surface area (Å²) in [5.41, 5.74) is 2.22. The highest BCUT2D eigenvalue weighted by molar-refractivity contribution is 5.88. The number of benzene rings is 1. The average Bonchev–Trinajstić information content (AvgIpc) is 3.00. The molecule has 2 saturated carbocycles. The van der Waals surface area contributed by atoms with Crippen molar-refractivity contribution in [3.05, 3.63) is 59.7 Å². The van der Waals surface area contributed by atoms with Gasteiger partial charge in [0, 0.05) is 23.5 Å². The molecule has 3 rings (SSSR count). The predicted molar refractivity (Wildman–Crippen MR) is 179 cm³/mol. The van der Waals surface area contributed by atoms with E-state index in [0.29, 0.717) is 17.9 Å². The van der Waals surface area contributed by atoms with Crippen molar-refractivity contribution in [3.8, 4) is 0 Å². The molecule has 5 nitrogen and oxygen atoms in total. The molecule has 0 aromatic heterocycles. The summed E-state index contributed by atoms with van der Waals surface area (Å²) in [6.45, 7) is 14.9. The molecular formula is C39H60O5. The Hall–Kier alpha value is -2.40. The Labute approximate surface area is 267 Å². The van der Waals surface area contributed by atoms with Crippen LogP contribution in [-0.2, 0) is 25.5 Å². The molecule has 0 bridgehead atoms. The van der Waals surface area contributed by atoms with Crippen molar-refractivity contribution in [2.24, 2.45) is 23.7 Å². The maximum Gasteiger partial charge on any atom is 0.333 e. The molecule has 5 heteroatoms. The lowest BCUT2D eigenvalue weighted by molar-refractivity contribution is -0.144. The molecule has 0 aliphatic heterocycles. The largest absolute Gasteiger partial charge is 0.462 e. The van der Waals surface area contributed by atoms with E-state index in [0.717, 1.165) is 24.2 Å². The predicted octanol–water partition coefficient (Wildman–Crippen LogP) is 9.28. The standard InChI is InChI=1S/C39H60O5/c1-7-8-9-10-30-13-17-33(18-14-30)35-21-23-36(24-22-35)34-19-15-31(16-20-34)11-12-32(26-43-37(40)28(2)3)27-44-38(41)29(4)25-39(5,6)42/h15-16,19-20,30,32-33,35-36,42H,2,4,7-14,17-18,21-27H2,1,3,5-6H3. The minimum absolute atomic E-state index is 0.120. The van der Waals surface area contributed by atoms with E-state index in [2.05, 4.69) is 44.3 Å². The smallest absolute Gasteiger partial charge is 0.333 e. The Morgan fingerprint density at radius 1 is 0.886 bits per heavy atom. The van der Waals surface area contributed by atoms with E-state index in [9.17, 15) is 14.7 Å². The van der Waals surface area contributed by atoms with Crippen LogP contribution in [0.2, 0.25) is 0 Å². The van der Waals surface area contributed by atoms with Gasteiger partial charge >= 0.3 is 11.9 Å². The minimum atomic E-state index is -1.04. The summed E-state index contributed by atoms with van der Waals surface area (Å²) in [7, 11) is 0. The monoisotopic (exact) mass is 608 g/mol. The van der Waals surface area contributed by atoms with E-state index < -0.39 is 17.5 Å². The molecule has 1 atom stereocenters. The fourth-order valence-electron chi connectivity index (χ4n) is 7.30. The van der Waals surface area contributed by atoms with Crippen molar-refractivity contribution in [1.82, 2.24) is 0 Å². The fourth-order valence-corrected chi connectivity index (χ4v) is 7.30. The van der Waals surface area contributed by atoms with Crippen molar-refractivity contribution >= 4 is 11.9 Å². The molecule has 0 heterocycles. The summed E-state index contributed by atoms with van der Waals surface area (Å²) < 4.78 is 10.9. The molecule has 1 N–H and O–H groups in total. The van der Waals surface area contributed by atoms with Crippen LogP contribution >= 0.6 is 0 Å². The van der Waals surface area contributed by atoms with Crippen LogP contribution in [0.5, 0.6) is 0 Å². The third-order valence-corrected chi connectivity index (χ3v) is 10.0. The second kappa shape index (κ2) is 17.9. The molecule has 1 unspecified atom stereocenters. The average molecular weight is 609 g/mol. The zero-order valence-electron chi connectivity index (χ0n) is 28.2. The van der Waals surface area contributed by atoms with E-state index in [1.807, 2.05) is 0 Å². The van der Waals surface area contributed by atoms with Crippen LogP contribution in [0.4, 0.5) is 0 Å². The summed E-state index contributed by atoms with van der Waals surface area (Å²) in [6, 6.07) is 9.07. The summed E-state index contributed by atoms with van der Waals surface area (Å²) in [5, 5.41) is 9.99. The first kappa shape index (κ1) is 36.1. The SMILES string of the molecule is C=C(C)C(=O)OCC(CCc1ccc(C2CCC(C3CCC(CCCCC)CC3)CC2)cc1)COC(=O)C(=C)CC(C)(C)O. The molecule has 2 aliphatic rings. The molecule has 0 spiro atoms. The van der Waals surface area contributed by atoms with E-state index in [-0.39, 0.29) is 31.1 Å². The van der Waals surface area contributed by atoms with Crippen molar-refractivity contribution in [2.75, 3.05) is 13.2 Å². The Balaban J connectivity index is 1.45. The number of hydrogen-bond acceptors (Lipinski definition) is 5. The number of carbonyl (C=O) groups is 2. The van der Waals surface area contributed by atoms with E-state index in [1.54, 1.807) is 20.8 Å². The number of rotatable bonds is 17. The Bertz CT molecular complexity index is 1050. The lowest BCUT2D eigenvalue weighted by atomic mass is 9.68. The molecule has 1 aromatic rings. The maximum atomic E-state index is 12.4. The van der Waals surface area contributed by atoms with Crippen LogP contribution < -0.4 is 0 Å². The highest BCUT2D eigenvalue weighted by Crippen LogP contribution is 2.44. The number of aliphatic hydroxyl groups is 1. The molecule has 1 aromatic carbocycles. The van der Waals surface area contributed by atoms with E-state index in [1.165, 1.54) is 88.2 Å². The maximum absolute atomic E-state index is 12.4. The second-order valence-corrected chi connectivity index (χ2v) is 14.6. The number of aryl methyl sites for hydroxylation is 1. The number of ether oxygens (including phenoxy) is 2. The van der Waals surface area contributed by atoms with Gasteiger partial charge in [-0.15, -0.1) is 0 Å². The number of unbranched alkanes of at least 4 members (excludes halogenated alkanes) is 2. The normalized spacial score (nSPS) is 23.0. The van der Waals surface area contributed by atoms with Crippen LogP contribution in [0.1, 0.15) is 135 Å². The van der Waals surface area contributed by atoms with E-state index >= 15 is 0 Å². The topological polar surface area (TPSA) is 72.8 Å². The van der Waals surface area contributed by atoms with Crippen LogP contribution in [0.3, 0.4) is 0 Å². The molecule has 44 heavy (non-hydrogen) atoms. The van der Waals surface area contributed by atoms with Crippen LogP contribution in [-0.4, -0.2) is 35.9 Å². The molecule has 0 amide bonds. The molecule has 0 saturated heterocycles. The van der Waals surface area contributed by atoms with Crippen LogP contribution in [0, 0.1) is 23.7 Å². The van der Waals surface area contributed by atoms with Gasteiger partial charge in [0.2, 0.25) is 0 Å². The van der Waals surface area contributed by atoms with Gasteiger partial charge in [0.25, 0.3) is 0 Å². The van der Waals surface area contributed by atoms with Crippen molar-refractivity contribution < 1.29 is 24.2 Å². The third-order valence-electron chi connectivity index (χ3n) is 10.0. The number of esters is 2. The molecule has 2 fully saturated rings. The van der Waals surface area contributed by atoms with Crippen molar-refractivity contribution in [3.63, 3.8) is 0 Å². The first-order valence-corrected chi connectivity index (χ1v) is 17.4. The fraction of sp³-hybridized carbons (Fsp3) is 0.692. The summed E-state index contributed by atoms with van der Waals surface area (Å²) in [4.78, 5) is 24.5. The lowest BCUT2D eigenvalue weighted by Crippen LogP contribution is -2.25. The molecular weight excluding hydrogens is 548 g/mol. The van der Waals surface area contributed by atoms with Crippen LogP contribution in [0.15, 0.2) is 48.6 Å². The second-order valence-electron chi connectivity index (χ2n) is 14.6. The zero-order valence-corrected chi connectivity index (χ0v) is 28.2. The molecule has 246 valence electrons. The quantitative estimate of drug-likeness (QED) is 0.108. The Morgan fingerprint density at radius 3 is 2.00 bits per heavy atom. The van der Waals surface area contributed by atoms with Gasteiger partial charge in [-0.2, -0.15) is 0 Å². The molecule has 2 aliphatic carbocycles. The van der Waals surface area contributed by atoms with E-state index in [4.69, 9.17) is 9.47 Å². The summed E-state index contributed by atoms with van der Waals surface area (Å²) in [5.74, 6) is 2.42. The zero-order chi connectivity index (χ0) is 32.1. The van der Waals surface area contributed by atoms with Crippen molar-refractivity contribution in [1.29, 1.82) is 0 Å². The third kappa shape index (κ3) is 12.5. The lowest BCUT2D eigenvalue weighted by Gasteiger charge is -2.38. The van der Waals surface area contributed by atoms with Gasteiger partial charge < -0.3 is 14.6 Å². The minimum Gasteiger partial charge on any atom is -0.462 e.